The Bertz CT molecular complexity index is 1930. The lowest BCUT2D eigenvalue weighted by atomic mass is 10.1. The number of carbonyl (C=O) groups excluding carboxylic acids is 3. The molecule has 1 aromatic carbocycles. The van der Waals surface area contributed by atoms with Crippen LogP contribution >= 0.6 is 0 Å². The Labute approximate surface area is 320 Å². The minimum absolute atomic E-state index is 0.0827. The first kappa shape index (κ1) is 39.3. The summed E-state index contributed by atoms with van der Waals surface area (Å²) in [5.41, 5.74) is 10.5. The Morgan fingerprint density at radius 2 is 1.71 bits per heavy atom. The zero-order chi connectivity index (χ0) is 38.6. The zero-order valence-corrected chi connectivity index (χ0v) is 31.7. The van der Waals surface area contributed by atoms with Crippen molar-refractivity contribution < 1.29 is 28.6 Å². The summed E-state index contributed by atoms with van der Waals surface area (Å²) >= 11 is 0. The van der Waals surface area contributed by atoms with Gasteiger partial charge < -0.3 is 34.7 Å². The molecule has 3 aromatic heterocycles. The highest BCUT2D eigenvalue weighted by molar-refractivity contribution is 6.12. The van der Waals surface area contributed by atoms with E-state index in [2.05, 4.69) is 60.2 Å². The normalized spacial score (nSPS) is 14.8. The van der Waals surface area contributed by atoms with Gasteiger partial charge in [-0.2, -0.15) is 4.98 Å². The van der Waals surface area contributed by atoms with E-state index in [1.54, 1.807) is 18.0 Å². The summed E-state index contributed by atoms with van der Waals surface area (Å²) in [6.45, 7) is 9.33. The Kier molecular flexibility index (Phi) is 13.8. The van der Waals surface area contributed by atoms with Crippen LogP contribution in [0.25, 0.3) is 11.0 Å². The van der Waals surface area contributed by atoms with Crippen LogP contribution in [-0.2, 0) is 50.0 Å². The van der Waals surface area contributed by atoms with E-state index >= 15 is 0 Å². The second-order valence-electron chi connectivity index (χ2n) is 13.6. The van der Waals surface area contributed by atoms with Crippen LogP contribution in [-0.4, -0.2) is 128 Å². The molecule has 55 heavy (non-hydrogen) atoms. The van der Waals surface area contributed by atoms with Gasteiger partial charge in [0.1, 0.15) is 17.0 Å². The predicted molar refractivity (Wildman–Crippen MR) is 205 cm³/mol. The summed E-state index contributed by atoms with van der Waals surface area (Å²) in [6.07, 6.45) is 9.86. The average Bonchev–Trinajstić information content (AvgIpc) is 3.90. The van der Waals surface area contributed by atoms with Gasteiger partial charge in [0.15, 0.2) is 5.82 Å². The van der Waals surface area contributed by atoms with Gasteiger partial charge >= 0.3 is 0 Å². The van der Waals surface area contributed by atoms with Crippen LogP contribution < -0.4 is 15.8 Å². The van der Waals surface area contributed by atoms with Crippen molar-refractivity contribution in [3.05, 3.63) is 65.6 Å². The van der Waals surface area contributed by atoms with Gasteiger partial charge in [-0.1, -0.05) is 37.1 Å². The summed E-state index contributed by atoms with van der Waals surface area (Å²) in [7, 11) is 1.70. The van der Waals surface area contributed by atoms with Gasteiger partial charge in [-0.05, 0) is 24.1 Å². The van der Waals surface area contributed by atoms with E-state index in [9.17, 15) is 14.4 Å². The number of nitrogen functional groups attached to an aromatic ring is 1. The van der Waals surface area contributed by atoms with E-state index in [1.165, 1.54) is 12.2 Å². The Morgan fingerprint density at radius 3 is 2.47 bits per heavy atom. The van der Waals surface area contributed by atoms with Crippen LogP contribution in [0.4, 0.5) is 11.8 Å². The van der Waals surface area contributed by atoms with E-state index < -0.39 is 0 Å². The van der Waals surface area contributed by atoms with E-state index in [0.717, 1.165) is 84.1 Å². The van der Waals surface area contributed by atoms with Gasteiger partial charge in [0.25, 0.3) is 11.8 Å². The van der Waals surface area contributed by atoms with Crippen molar-refractivity contribution in [1.82, 2.24) is 44.2 Å². The third kappa shape index (κ3) is 10.6. The number of hydrogen-bond acceptors (Lipinski definition) is 13. The van der Waals surface area contributed by atoms with Gasteiger partial charge in [0, 0.05) is 63.2 Å². The maximum atomic E-state index is 12.9. The maximum Gasteiger partial charge on any atom is 0.253 e. The number of aromatic nitrogens is 6. The number of nitrogens with zero attached hydrogens (tertiary/aromatic N) is 9. The lowest BCUT2D eigenvalue weighted by Gasteiger charge is -2.35. The van der Waals surface area contributed by atoms with Crippen molar-refractivity contribution in [2.45, 2.75) is 58.8 Å². The maximum absolute atomic E-state index is 12.9. The van der Waals surface area contributed by atoms with E-state index in [-0.39, 0.29) is 30.2 Å². The molecule has 294 valence electrons. The minimum Gasteiger partial charge on any atom is -0.496 e. The molecule has 0 radical (unpaired) electrons. The van der Waals surface area contributed by atoms with E-state index in [1.807, 2.05) is 17.2 Å². The number of ether oxygens (including phenoxy) is 3. The summed E-state index contributed by atoms with van der Waals surface area (Å²) in [5, 5.41) is 11.5. The Morgan fingerprint density at radius 1 is 0.927 bits per heavy atom. The summed E-state index contributed by atoms with van der Waals surface area (Å²) < 4.78 is 20.8. The molecule has 3 amide bonds. The predicted octanol–water partition coefficient (Wildman–Crippen LogP) is 2.46. The summed E-state index contributed by atoms with van der Waals surface area (Å²) in [4.78, 5) is 50.6. The number of methoxy groups -OCH3 is 1. The zero-order valence-electron chi connectivity index (χ0n) is 31.7. The second-order valence-corrected chi connectivity index (χ2v) is 13.6. The first-order valence-electron chi connectivity index (χ1n) is 18.9. The van der Waals surface area contributed by atoms with Crippen molar-refractivity contribution in [2.24, 2.45) is 0 Å². The summed E-state index contributed by atoms with van der Waals surface area (Å²) in [6, 6.07) is 8.33. The van der Waals surface area contributed by atoms with E-state index in [0.29, 0.717) is 64.7 Å². The topological polar surface area (TPSA) is 188 Å². The molecule has 1 saturated heterocycles. The van der Waals surface area contributed by atoms with Crippen molar-refractivity contribution in [1.29, 1.82) is 0 Å². The molecule has 17 nitrogen and oxygen atoms in total. The lowest BCUT2D eigenvalue weighted by molar-refractivity contribution is -0.137. The third-order valence-electron chi connectivity index (χ3n) is 9.63. The van der Waals surface area contributed by atoms with Gasteiger partial charge in [-0.25, -0.2) is 9.67 Å². The van der Waals surface area contributed by atoms with Crippen LogP contribution in [0.3, 0.4) is 0 Å². The highest BCUT2D eigenvalue weighted by atomic mass is 16.5. The number of rotatable bonds is 21. The third-order valence-corrected chi connectivity index (χ3v) is 9.63. The molecule has 0 unspecified atom stereocenters. The molecule has 6 rings (SSSR count). The fourth-order valence-electron chi connectivity index (χ4n) is 6.64. The molecular weight excluding hydrogens is 706 g/mol. The molecule has 4 aromatic rings. The molecule has 0 aliphatic carbocycles. The number of unbranched alkanes of at least 4 members (excludes halogenated alkanes) is 2. The lowest BCUT2D eigenvalue weighted by Crippen LogP contribution is -2.48. The molecule has 5 heterocycles. The SMILES string of the molecule is CCCCCNc1nc(N)nc2ccn(Cc3ccc(CN4CCN(C(=O)CCOCCOCCn5cc(CN6C(=O)C=CC6=O)nn5)CC4)cc3OC)c12. The Hall–Kier alpha value is -5.39. The number of anilines is 2. The first-order chi connectivity index (χ1) is 26.8. The molecule has 2 aliphatic heterocycles. The largest absolute Gasteiger partial charge is 0.496 e. The van der Waals surface area contributed by atoms with Crippen LogP contribution in [0.15, 0.2) is 48.8 Å². The molecule has 17 heteroatoms. The standard InChI is InChI=1S/C38H51N11O6/c1-3-4-5-12-40-37-36-31(41-38(39)42-37)10-13-47(36)25-29-7-6-28(23-32(29)53-2)24-45-14-16-46(17-15-45)33(50)11-19-54-21-22-55-20-18-48-26-30(43-44-48)27-49-34(51)8-9-35(49)52/h6-10,13,23,26H,3-5,11-12,14-22,24-25,27H2,1-2H3,(H3,39,40,41,42). The number of piperazine rings is 1. The molecule has 3 N–H and O–H groups in total. The minimum atomic E-state index is -0.356. The molecule has 0 spiro atoms. The van der Waals surface area contributed by atoms with Crippen molar-refractivity contribution in [3.63, 3.8) is 0 Å². The number of benzene rings is 1. The molecule has 0 bridgehead atoms. The van der Waals surface area contributed by atoms with Gasteiger partial charge in [-0.15, -0.1) is 5.10 Å². The Balaban J connectivity index is 0.871. The first-order valence-corrected chi connectivity index (χ1v) is 18.9. The quantitative estimate of drug-likeness (QED) is 0.0933. The fourth-order valence-corrected chi connectivity index (χ4v) is 6.64. The fraction of sp³-hybridized carbons (Fsp3) is 0.500. The van der Waals surface area contributed by atoms with Crippen LogP contribution in [0.5, 0.6) is 5.75 Å². The highest BCUT2D eigenvalue weighted by Crippen LogP contribution is 2.27. The van der Waals surface area contributed by atoms with Gasteiger partial charge in [0.2, 0.25) is 11.9 Å². The van der Waals surface area contributed by atoms with Crippen molar-refractivity contribution in [2.75, 3.05) is 77.3 Å². The number of amides is 3. The smallest absolute Gasteiger partial charge is 0.253 e. The number of carbonyl (C=O) groups is 3. The molecule has 0 saturated carbocycles. The number of nitrogens with two attached hydrogens (primary N) is 1. The molecule has 1 fully saturated rings. The van der Waals surface area contributed by atoms with Gasteiger partial charge in [-0.3, -0.25) is 24.2 Å². The molecule has 2 aliphatic rings. The number of nitrogens with one attached hydrogen (secondary N) is 1. The van der Waals surface area contributed by atoms with Gasteiger partial charge in [0.05, 0.1) is 71.3 Å². The second kappa shape index (κ2) is 19.3. The monoisotopic (exact) mass is 757 g/mol. The van der Waals surface area contributed by atoms with Crippen LogP contribution in [0.2, 0.25) is 0 Å². The molecule has 0 atom stereocenters. The number of hydrogen-bond donors (Lipinski definition) is 2. The van der Waals surface area contributed by atoms with E-state index in [4.69, 9.17) is 19.9 Å². The number of fused-ring (bicyclic) bond motifs is 1. The van der Waals surface area contributed by atoms with Crippen LogP contribution in [0.1, 0.15) is 49.4 Å². The van der Waals surface area contributed by atoms with Crippen LogP contribution in [0, 0.1) is 0 Å². The van der Waals surface area contributed by atoms with Crippen molar-refractivity contribution >= 4 is 40.5 Å². The van der Waals surface area contributed by atoms with Crippen molar-refractivity contribution in [3.8, 4) is 5.75 Å². The molecular formula is C38H51N11O6. The number of imide groups is 1. The average molecular weight is 758 g/mol. The summed E-state index contributed by atoms with van der Waals surface area (Å²) in [5.74, 6) is 1.20. The highest BCUT2D eigenvalue weighted by Gasteiger charge is 2.25.